The lowest BCUT2D eigenvalue weighted by atomic mass is 9.93. The molecule has 17 heavy (non-hydrogen) atoms. The summed E-state index contributed by atoms with van der Waals surface area (Å²) >= 11 is 2.94. The monoisotopic (exact) mass is 313 g/mol. The molecule has 0 radical (unpaired) electrons. The van der Waals surface area contributed by atoms with Crippen molar-refractivity contribution in [2.45, 2.75) is 11.8 Å². The van der Waals surface area contributed by atoms with Crippen molar-refractivity contribution in [3.63, 3.8) is 0 Å². The van der Waals surface area contributed by atoms with Crippen molar-refractivity contribution in [1.82, 2.24) is 0 Å². The molecule has 1 rings (SSSR count). The topological polar surface area (TPSA) is 63.4 Å². The molecular formula is C9H7BrF3NO3. The average molecular weight is 314 g/mol. The van der Waals surface area contributed by atoms with Crippen LogP contribution in [0, 0.1) is 10.1 Å². The van der Waals surface area contributed by atoms with E-state index in [1.807, 2.05) is 0 Å². The number of hydrogen-bond acceptors (Lipinski definition) is 3. The van der Waals surface area contributed by atoms with Crippen molar-refractivity contribution in [2.75, 3.05) is 6.54 Å². The number of alkyl halides is 3. The summed E-state index contributed by atoms with van der Waals surface area (Å²) in [5.74, 6) is 0. The van der Waals surface area contributed by atoms with Crippen LogP contribution in [0.5, 0.6) is 0 Å². The molecule has 1 aromatic carbocycles. The SMILES string of the molecule is O=[N+]([O-])CC(O)(c1cccc(Br)c1)C(F)(F)F. The van der Waals surface area contributed by atoms with Crippen LogP contribution in [0.25, 0.3) is 0 Å². The third kappa shape index (κ3) is 2.95. The molecule has 8 heteroatoms. The maximum atomic E-state index is 12.7. The second-order valence-electron chi connectivity index (χ2n) is 3.36. The maximum absolute atomic E-state index is 12.7. The van der Waals surface area contributed by atoms with Gasteiger partial charge in [0.2, 0.25) is 6.54 Å². The van der Waals surface area contributed by atoms with Gasteiger partial charge in [0.25, 0.3) is 5.60 Å². The van der Waals surface area contributed by atoms with Gasteiger partial charge in [-0.05, 0) is 12.1 Å². The lowest BCUT2D eigenvalue weighted by Gasteiger charge is -2.27. The Morgan fingerprint density at radius 2 is 2.00 bits per heavy atom. The number of nitro groups is 1. The van der Waals surface area contributed by atoms with Crippen LogP contribution in [0.15, 0.2) is 28.7 Å². The van der Waals surface area contributed by atoms with Crippen molar-refractivity contribution in [3.8, 4) is 0 Å². The third-order valence-electron chi connectivity index (χ3n) is 2.13. The van der Waals surface area contributed by atoms with Crippen LogP contribution in [-0.2, 0) is 5.60 Å². The zero-order chi connectivity index (χ0) is 13.3. The van der Waals surface area contributed by atoms with Crippen molar-refractivity contribution in [3.05, 3.63) is 44.4 Å². The standard InChI is InChI=1S/C9H7BrF3NO3/c10-7-3-1-2-6(4-7)8(15,5-14(16)17)9(11,12)13/h1-4,15H,5H2. The summed E-state index contributed by atoms with van der Waals surface area (Å²) in [7, 11) is 0. The number of benzene rings is 1. The molecular weight excluding hydrogens is 307 g/mol. The van der Waals surface area contributed by atoms with Crippen LogP contribution in [0.3, 0.4) is 0 Å². The van der Waals surface area contributed by atoms with Crippen LogP contribution in [0.1, 0.15) is 5.56 Å². The van der Waals surface area contributed by atoms with Gasteiger partial charge in [-0.1, -0.05) is 28.1 Å². The minimum atomic E-state index is -5.12. The molecule has 0 heterocycles. The molecule has 0 aliphatic carbocycles. The van der Waals surface area contributed by atoms with E-state index < -0.39 is 28.8 Å². The zero-order valence-electron chi connectivity index (χ0n) is 8.24. The summed E-state index contributed by atoms with van der Waals surface area (Å²) in [6, 6.07) is 4.70. The molecule has 0 aliphatic rings. The summed E-state index contributed by atoms with van der Waals surface area (Å²) in [5.41, 5.74) is -4.06. The molecule has 1 atom stereocenters. The molecule has 1 unspecified atom stereocenters. The summed E-state index contributed by atoms with van der Waals surface area (Å²) in [6.07, 6.45) is -5.12. The molecule has 0 fully saturated rings. The van der Waals surface area contributed by atoms with Crippen LogP contribution < -0.4 is 0 Å². The molecule has 0 saturated carbocycles. The first-order chi connectivity index (χ1) is 7.67. The first-order valence-electron chi connectivity index (χ1n) is 4.34. The van der Waals surface area contributed by atoms with Gasteiger partial charge in [-0.15, -0.1) is 0 Å². The summed E-state index contributed by atoms with van der Waals surface area (Å²) in [4.78, 5) is 9.05. The number of hydrogen-bond donors (Lipinski definition) is 1. The molecule has 4 nitrogen and oxygen atoms in total. The third-order valence-corrected chi connectivity index (χ3v) is 2.62. The Bertz CT molecular complexity index is 438. The van der Waals surface area contributed by atoms with Gasteiger partial charge in [0.1, 0.15) is 0 Å². The van der Waals surface area contributed by atoms with E-state index in [2.05, 4.69) is 15.9 Å². The lowest BCUT2D eigenvalue weighted by Crippen LogP contribution is -2.47. The Balaban J connectivity index is 3.29. The van der Waals surface area contributed by atoms with E-state index >= 15 is 0 Å². The predicted octanol–water partition coefficient (Wildman–Crippen LogP) is 2.48. The molecule has 0 saturated heterocycles. The fraction of sp³-hybridized carbons (Fsp3) is 0.333. The fourth-order valence-corrected chi connectivity index (χ4v) is 1.68. The molecule has 1 aromatic rings. The molecule has 0 aliphatic heterocycles. The maximum Gasteiger partial charge on any atom is 0.428 e. The van der Waals surface area contributed by atoms with E-state index in [9.17, 15) is 28.4 Å². The van der Waals surface area contributed by atoms with Gasteiger partial charge in [-0.2, -0.15) is 13.2 Å². The van der Waals surface area contributed by atoms with Crippen molar-refractivity contribution < 1.29 is 23.2 Å². The van der Waals surface area contributed by atoms with Crippen molar-refractivity contribution in [1.29, 1.82) is 0 Å². The van der Waals surface area contributed by atoms with E-state index in [-0.39, 0.29) is 0 Å². The lowest BCUT2D eigenvalue weighted by molar-refractivity contribution is -0.519. The molecule has 1 N–H and O–H groups in total. The number of halogens is 4. The highest BCUT2D eigenvalue weighted by Gasteiger charge is 2.59. The number of aliphatic hydroxyl groups is 1. The van der Waals surface area contributed by atoms with E-state index in [0.29, 0.717) is 4.47 Å². The molecule has 0 amide bonds. The van der Waals surface area contributed by atoms with Crippen LogP contribution in [0.4, 0.5) is 13.2 Å². The Labute approximate surface area is 102 Å². The minimum absolute atomic E-state index is 0.293. The summed E-state index contributed by atoms with van der Waals surface area (Å²) in [6.45, 7) is -1.63. The van der Waals surface area contributed by atoms with Crippen LogP contribution >= 0.6 is 15.9 Å². The largest absolute Gasteiger partial charge is 0.428 e. The first kappa shape index (κ1) is 13.9. The highest BCUT2D eigenvalue weighted by atomic mass is 79.9. The van der Waals surface area contributed by atoms with E-state index in [1.54, 1.807) is 0 Å². The molecule has 0 spiro atoms. The summed E-state index contributed by atoms with van der Waals surface area (Å²) in [5, 5.41) is 19.8. The Hall–Kier alpha value is -1.15. The highest BCUT2D eigenvalue weighted by molar-refractivity contribution is 9.10. The fourth-order valence-electron chi connectivity index (χ4n) is 1.28. The summed E-state index contributed by atoms with van der Waals surface area (Å²) < 4.78 is 38.4. The van der Waals surface area contributed by atoms with Gasteiger partial charge >= 0.3 is 6.18 Å². The number of nitrogens with zero attached hydrogens (tertiary/aromatic N) is 1. The van der Waals surface area contributed by atoms with E-state index in [1.165, 1.54) is 12.1 Å². The zero-order valence-corrected chi connectivity index (χ0v) is 9.83. The van der Waals surface area contributed by atoms with Gasteiger partial charge in [0.05, 0.1) is 0 Å². The second-order valence-corrected chi connectivity index (χ2v) is 4.27. The van der Waals surface area contributed by atoms with Gasteiger partial charge in [0.15, 0.2) is 0 Å². The first-order valence-corrected chi connectivity index (χ1v) is 5.13. The molecule has 0 bridgehead atoms. The quantitative estimate of drug-likeness (QED) is 0.688. The average Bonchev–Trinajstić information content (AvgIpc) is 2.14. The van der Waals surface area contributed by atoms with Gasteiger partial charge in [-0.3, -0.25) is 10.1 Å². The Kier molecular flexibility index (Phi) is 3.78. The normalized spacial score (nSPS) is 15.4. The van der Waals surface area contributed by atoms with Gasteiger partial charge in [0, 0.05) is 15.0 Å². The highest BCUT2D eigenvalue weighted by Crippen LogP contribution is 2.39. The van der Waals surface area contributed by atoms with E-state index in [4.69, 9.17) is 0 Å². The van der Waals surface area contributed by atoms with E-state index in [0.717, 1.165) is 12.1 Å². The Morgan fingerprint density at radius 3 is 2.41 bits per heavy atom. The molecule has 94 valence electrons. The van der Waals surface area contributed by atoms with Crippen molar-refractivity contribution in [2.24, 2.45) is 0 Å². The van der Waals surface area contributed by atoms with Gasteiger partial charge < -0.3 is 5.11 Å². The predicted molar refractivity (Wildman–Crippen MR) is 56.0 cm³/mol. The van der Waals surface area contributed by atoms with Crippen LogP contribution in [-0.4, -0.2) is 22.8 Å². The van der Waals surface area contributed by atoms with Crippen molar-refractivity contribution >= 4 is 15.9 Å². The second kappa shape index (κ2) is 4.61. The van der Waals surface area contributed by atoms with Crippen LogP contribution in [0.2, 0.25) is 0 Å². The Morgan fingerprint density at radius 1 is 1.41 bits per heavy atom. The number of rotatable bonds is 3. The smallest absolute Gasteiger partial charge is 0.371 e. The minimum Gasteiger partial charge on any atom is -0.371 e. The molecule has 0 aromatic heterocycles. The van der Waals surface area contributed by atoms with Gasteiger partial charge in [-0.25, -0.2) is 0 Å².